The molecule has 4 saturated carbocycles. The largest absolute Gasteiger partial charge is 0.463 e. The van der Waals surface area contributed by atoms with E-state index in [0.29, 0.717) is 10.8 Å². The van der Waals surface area contributed by atoms with E-state index in [0.717, 1.165) is 61.2 Å². The molecule has 0 aromatic carbocycles. The van der Waals surface area contributed by atoms with Gasteiger partial charge in [0.2, 0.25) is 0 Å². The molecule has 0 aliphatic heterocycles. The lowest BCUT2D eigenvalue weighted by Gasteiger charge is -2.61. The van der Waals surface area contributed by atoms with Crippen molar-refractivity contribution in [2.75, 3.05) is 0 Å². The highest BCUT2D eigenvalue weighted by molar-refractivity contribution is 5.66. The van der Waals surface area contributed by atoms with Crippen LogP contribution in [-0.2, 0) is 9.53 Å². The summed E-state index contributed by atoms with van der Waals surface area (Å²) in [5, 5.41) is 10.1. The van der Waals surface area contributed by atoms with Crippen LogP contribution in [0.2, 0.25) is 0 Å². The molecule has 4 aliphatic carbocycles. The minimum Gasteiger partial charge on any atom is -0.463 e. The van der Waals surface area contributed by atoms with Crippen molar-refractivity contribution >= 4 is 5.97 Å². The van der Waals surface area contributed by atoms with Crippen LogP contribution in [0, 0.1) is 46.3 Å². The van der Waals surface area contributed by atoms with E-state index in [-0.39, 0.29) is 12.1 Å². The summed E-state index contributed by atoms with van der Waals surface area (Å²) >= 11 is 0. The van der Waals surface area contributed by atoms with E-state index in [1.165, 1.54) is 51.4 Å². The summed E-state index contributed by atoms with van der Waals surface area (Å²) in [5.74, 6) is 4.97. The van der Waals surface area contributed by atoms with E-state index in [9.17, 15) is 9.90 Å². The van der Waals surface area contributed by atoms with Gasteiger partial charge in [-0.3, -0.25) is 4.79 Å². The number of fused-ring (bicyclic) bond motifs is 5. The van der Waals surface area contributed by atoms with E-state index in [1.54, 1.807) is 6.92 Å². The van der Waals surface area contributed by atoms with Crippen molar-refractivity contribution in [1.82, 2.24) is 0 Å². The molecule has 0 aromatic heterocycles. The summed E-state index contributed by atoms with van der Waals surface area (Å²) < 4.78 is 5.65. The van der Waals surface area contributed by atoms with E-state index in [4.69, 9.17) is 4.74 Å². The molecule has 4 fully saturated rings. The van der Waals surface area contributed by atoms with Crippen molar-refractivity contribution in [2.45, 2.75) is 130 Å². The van der Waals surface area contributed by atoms with Gasteiger partial charge in [0.25, 0.3) is 0 Å². The van der Waals surface area contributed by atoms with Gasteiger partial charge in [-0.1, -0.05) is 33.6 Å². The van der Waals surface area contributed by atoms with Gasteiger partial charge in [0, 0.05) is 6.92 Å². The smallest absolute Gasteiger partial charge is 0.302 e. The molecular weight excluding hydrogens is 396 g/mol. The summed E-state index contributed by atoms with van der Waals surface area (Å²) in [6.07, 6.45) is 15.3. The number of esters is 1. The van der Waals surface area contributed by atoms with Crippen LogP contribution in [0.4, 0.5) is 0 Å². The van der Waals surface area contributed by atoms with Gasteiger partial charge >= 0.3 is 5.97 Å². The topological polar surface area (TPSA) is 46.5 Å². The Morgan fingerprint density at radius 3 is 2.41 bits per heavy atom. The second kappa shape index (κ2) is 8.90. The van der Waals surface area contributed by atoms with Crippen molar-refractivity contribution in [3.63, 3.8) is 0 Å². The van der Waals surface area contributed by atoms with E-state index >= 15 is 0 Å². The first-order chi connectivity index (χ1) is 14.9. The maximum atomic E-state index is 11.5. The lowest BCUT2D eigenvalue weighted by Crippen LogP contribution is -2.54. The van der Waals surface area contributed by atoms with Crippen LogP contribution in [0.3, 0.4) is 0 Å². The molecule has 1 unspecified atom stereocenters. The van der Waals surface area contributed by atoms with Gasteiger partial charge in [-0.15, -0.1) is 0 Å². The first kappa shape index (κ1) is 24.6. The molecule has 0 heterocycles. The SMILES string of the molecule is CC(=O)O[C@H]1CC[C@@]2(C)C(CC[C@H]3[C@@H]4CC[C@H]([C@H](C)CCCC(C)(C)O)[C@@]4(C)CC[C@@H]32)C1. The molecule has 184 valence electrons. The molecule has 4 aliphatic rings. The summed E-state index contributed by atoms with van der Waals surface area (Å²) in [4.78, 5) is 11.5. The fourth-order valence-corrected chi connectivity index (χ4v) is 9.59. The number of carbonyl (C=O) groups excluding carboxylic acids is 1. The van der Waals surface area contributed by atoms with E-state index < -0.39 is 5.60 Å². The summed E-state index contributed by atoms with van der Waals surface area (Å²) in [7, 11) is 0. The maximum absolute atomic E-state index is 11.5. The van der Waals surface area contributed by atoms with Gasteiger partial charge in [-0.25, -0.2) is 0 Å². The Kier molecular flexibility index (Phi) is 6.83. The third kappa shape index (κ3) is 4.53. The lowest BCUT2D eigenvalue weighted by molar-refractivity contribution is -0.160. The molecule has 0 amide bonds. The summed E-state index contributed by atoms with van der Waals surface area (Å²) in [5.41, 5.74) is 0.452. The highest BCUT2D eigenvalue weighted by Crippen LogP contribution is 2.68. The quantitative estimate of drug-likeness (QED) is 0.440. The van der Waals surface area contributed by atoms with Crippen LogP contribution in [0.25, 0.3) is 0 Å². The lowest BCUT2D eigenvalue weighted by atomic mass is 9.44. The van der Waals surface area contributed by atoms with Crippen LogP contribution < -0.4 is 0 Å². The van der Waals surface area contributed by atoms with Crippen LogP contribution in [0.1, 0.15) is 119 Å². The van der Waals surface area contributed by atoms with Crippen LogP contribution in [-0.4, -0.2) is 22.8 Å². The monoisotopic (exact) mass is 446 g/mol. The Hall–Kier alpha value is -0.570. The summed E-state index contributed by atoms with van der Waals surface area (Å²) in [6, 6.07) is 0. The highest BCUT2D eigenvalue weighted by atomic mass is 16.5. The predicted octanol–water partition coefficient (Wildman–Crippen LogP) is 7.15. The fraction of sp³-hybridized carbons (Fsp3) is 0.966. The average molecular weight is 447 g/mol. The Morgan fingerprint density at radius 1 is 1.03 bits per heavy atom. The third-order valence-electron chi connectivity index (χ3n) is 11.2. The van der Waals surface area contributed by atoms with Crippen LogP contribution >= 0.6 is 0 Å². The van der Waals surface area contributed by atoms with Crippen LogP contribution in [0.5, 0.6) is 0 Å². The number of ether oxygens (including phenoxy) is 1. The molecule has 9 atom stereocenters. The number of rotatable bonds is 6. The molecule has 0 aromatic rings. The molecule has 32 heavy (non-hydrogen) atoms. The molecule has 0 bridgehead atoms. The molecule has 3 nitrogen and oxygen atoms in total. The predicted molar refractivity (Wildman–Crippen MR) is 130 cm³/mol. The van der Waals surface area contributed by atoms with Gasteiger partial charge in [-0.2, -0.15) is 0 Å². The minimum absolute atomic E-state index is 0.102. The van der Waals surface area contributed by atoms with Crippen molar-refractivity contribution < 1.29 is 14.6 Å². The second-order valence-corrected chi connectivity index (χ2v) is 13.6. The highest BCUT2D eigenvalue weighted by Gasteiger charge is 2.60. The molecule has 4 rings (SSSR count). The standard InChI is InChI=1S/C29H50O3/c1-19(8-7-15-27(3,4)31)24-11-12-25-23-10-9-21-18-22(32-20(2)30)13-16-28(21,5)26(23)14-17-29(24,25)6/h19,21-26,31H,7-18H2,1-6H3/t19-,21?,22+,23+,24-,25+,26+,28+,29-/m1/s1. The molecule has 3 heteroatoms. The Morgan fingerprint density at radius 2 is 1.72 bits per heavy atom. The number of hydrogen-bond acceptors (Lipinski definition) is 3. The number of hydrogen-bond donors (Lipinski definition) is 1. The maximum Gasteiger partial charge on any atom is 0.302 e. The minimum atomic E-state index is -0.525. The van der Waals surface area contributed by atoms with E-state index in [1.807, 2.05) is 13.8 Å². The first-order valence-corrected chi connectivity index (χ1v) is 13.8. The Balaban J connectivity index is 1.42. The molecule has 0 saturated heterocycles. The normalized spacial score (nSPS) is 44.8. The van der Waals surface area contributed by atoms with Crippen LogP contribution in [0.15, 0.2) is 0 Å². The number of aliphatic hydroxyl groups is 1. The first-order valence-electron chi connectivity index (χ1n) is 13.8. The Labute approximate surface area is 197 Å². The number of carbonyl (C=O) groups is 1. The van der Waals surface area contributed by atoms with Gasteiger partial charge in [0.1, 0.15) is 6.10 Å². The fourth-order valence-electron chi connectivity index (χ4n) is 9.59. The van der Waals surface area contributed by atoms with Crippen molar-refractivity contribution in [2.24, 2.45) is 46.3 Å². The van der Waals surface area contributed by atoms with Crippen molar-refractivity contribution in [1.29, 1.82) is 0 Å². The molecule has 0 radical (unpaired) electrons. The zero-order valence-electron chi connectivity index (χ0n) is 21.8. The molecule has 0 spiro atoms. The molecule has 1 N–H and O–H groups in total. The molecular formula is C29H50O3. The van der Waals surface area contributed by atoms with Gasteiger partial charge in [0.15, 0.2) is 0 Å². The van der Waals surface area contributed by atoms with Gasteiger partial charge in [-0.05, 0) is 124 Å². The average Bonchev–Trinajstić information content (AvgIpc) is 3.04. The van der Waals surface area contributed by atoms with E-state index in [2.05, 4.69) is 20.8 Å². The Bertz CT molecular complexity index is 680. The zero-order valence-corrected chi connectivity index (χ0v) is 21.8. The van der Waals surface area contributed by atoms with Crippen molar-refractivity contribution in [3.8, 4) is 0 Å². The van der Waals surface area contributed by atoms with Gasteiger partial charge < -0.3 is 9.84 Å². The van der Waals surface area contributed by atoms with Crippen molar-refractivity contribution in [3.05, 3.63) is 0 Å². The van der Waals surface area contributed by atoms with Gasteiger partial charge in [0.05, 0.1) is 5.60 Å². The summed E-state index contributed by atoms with van der Waals surface area (Å²) in [6.45, 7) is 13.2. The zero-order chi connectivity index (χ0) is 23.3. The third-order valence-corrected chi connectivity index (χ3v) is 11.2. The second-order valence-electron chi connectivity index (χ2n) is 13.6.